The molecule has 82 valence electrons. The van der Waals surface area contributed by atoms with E-state index >= 15 is 0 Å². The molecule has 0 saturated heterocycles. The fourth-order valence-electron chi connectivity index (χ4n) is 1.56. The van der Waals surface area contributed by atoms with Crippen LogP contribution in [0.15, 0.2) is 24.7 Å². The molecule has 0 saturated carbocycles. The van der Waals surface area contributed by atoms with Gasteiger partial charge >= 0.3 is 0 Å². The number of nitrogens with zero attached hydrogens (tertiary/aromatic N) is 4. The molecule has 4 nitrogen and oxygen atoms in total. The quantitative estimate of drug-likeness (QED) is 0.770. The summed E-state index contributed by atoms with van der Waals surface area (Å²) >= 11 is 0. The van der Waals surface area contributed by atoms with Gasteiger partial charge in [0, 0.05) is 18.6 Å². The molecule has 0 aliphatic carbocycles. The number of aryl methyl sites for hydroxylation is 1. The van der Waals surface area contributed by atoms with Gasteiger partial charge in [0.15, 0.2) is 11.6 Å². The Hall–Kier alpha value is -1.84. The first-order valence-corrected chi connectivity index (χ1v) is 5.29. The molecule has 0 radical (unpaired) electrons. The van der Waals surface area contributed by atoms with Crippen LogP contribution in [0.2, 0.25) is 0 Å². The van der Waals surface area contributed by atoms with Gasteiger partial charge in [-0.3, -0.25) is 0 Å². The molecule has 2 rings (SSSR count). The van der Waals surface area contributed by atoms with Crippen molar-refractivity contribution in [2.75, 3.05) is 0 Å². The summed E-state index contributed by atoms with van der Waals surface area (Å²) in [5, 5.41) is 0. The van der Waals surface area contributed by atoms with Crippen LogP contribution in [0.3, 0.4) is 0 Å². The van der Waals surface area contributed by atoms with Gasteiger partial charge in [0.1, 0.15) is 0 Å². The highest BCUT2D eigenvalue weighted by Gasteiger charge is 2.10. The fourth-order valence-corrected chi connectivity index (χ4v) is 1.56. The van der Waals surface area contributed by atoms with Crippen molar-refractivity contribution < 1.29 is 0 Å². The second-order valence-corrected chi connectivity index (χ2v) is 3.99. The van der Waals surface area contributed by atoms with E-state index in [2.05, 4.69) is 33.8 Å². The van der Waals surface area contributed by atoms with Crippen LogP contribution in [0.25, 0.3) is 11.6 Å². The SMILES string of the molecule is Cc1cnc(-c2ncccn2)nc1C(C)C. The lowest BCUT2D eigenvalue weighted by atomic mass is 10.1. The van der Waals surface area contributed by atoms with Crippen molar-refractivity contribution in [2.24, 2.45) is 0 Å². The standard InChI is InChI=1S/C12H14N4/c1-8(2)10-9(3)7-15-12(16-10)11-13-5-4-6-14-11/h4-8H,1-3H3. The lowest BCUT2D eigenvalue weighted by Gasteiger charge is -2.08. The van der Waals surface area contributed by atoms with Crippen molar-refractivity contribution in [3.05, 3.63) is 35.9 Å². The van der Waals surface area contributed by atoms with Crippen LogP contribution in [0.5, 0.6) is 0 Å². The van der Waals surface area contributed by atoms with Gasteiger partial charge in [0.05, 0.1) is 5.69 Å². The maximum atomic E-state index is 4.51. The van der Waals surface area contributed by atoms with Crippen molar-refractivity contribution in [1.82, 2.24) is 19.9 Å². The molecule has 0 aliphatic heterocycles. The first kappa shape index (κ1) is 10.7. The van der Waals surface area contributed by atoms with E-state index in [4.69, 9.17) is 0 Å². The number of hydrogen-bond donors (Lipinski definition) is 0. The minimum atomic E-state index is 0.380. The summed E-state index contributed by atoms with van der Waals surface area (Å²) in [6, 6.07) is 1.78. The Morgan fingerprint density at radius 2 is 1.69 bits per heavy atom. The first-order chi connectivity index (χ1) is 7.68. The minimum absolute atomic E-state index is 0.380. The van der Waals surface area contributed by atoms with Crippen molar-refractivity contribution in [3.8, 4) is 11.6 Å². The molecule has 0 fully saturated rings. The predicted molar refractivity (Wildman–Crippen MR) is 61.9 cm³/mol. The van der Waals surface area contributed by atoms with Crippen LogP contribution in [0, 0.1) is 6.92 Å². The molecule has 4 heteroatoms. The molecule has 0 amide bonds. The average Bonchev–Trinajstić information content (AvgIpc) is 2.30. The van der Waals surface area contributed by atoms with Crippen LogP contribution < -0.4 is 0 Å². The minimum Gasteiger partial charge on any atom is -0.234 e. The zero-order chi connectivity index (χ0) is 11.5. The second-order valence-electron chi connectivity index (χ2n) is 3.99. The Labute approximate surface area is 94.8 Å². The van der Waals surface area contributed by atoms with E-state index in [1.54, 1.807) is 18.5 Å². The number of aromatic nitrogens is 4. The van der Waals surface area contributed by atoms with Gasteiger partial charge in [0.2, 0.25) is 0 Å². The molecule has 0 bridgehead atoms. The third-order valence-corrected chi connectivity index (χ3v) is 2.32. The maximum absolute atomic E-state index is 4.51. The number of rotatable bonds is 2. The van der Waals surface area contributed by atoms with Crippen LogP contribution in [0.1, 0.15) is 31.0 Å². The highest BCUT2D eigenvalue weighted by molar-refractivity contribution is 5.43. The summed E-state index contributed by atoms with van der Waals surface area (Å²) in [6.45, 7) is 6.25. The molecule has 2 aromatic heterocycles. The molecule has 0 aliphatic rings. The zero-order valence-corrected chi connectivity index (χ0v) is 9.68. The maximum Gasteiger partial charge on any atom is 0.197 e. The fraction of sp³-hybridized carbons (Fsp3) is 0.333. The normalized spacial score (nSPS) is 10.8. The molecule has 16 heavy (non-hydrogen) atoms. The van der Waals surface area contributed by atoms with Crippen molar-refractivity contribution >= 4 is 0 Å². The van der Waals surface area contributed by atoms with Crippen LogP contribution in [-0.4, -0.2) is 19.9 Å². The Morgan fingerprint density at radius 3 is 2.31 bits per heavy atom. The van der Waals surface area contributed by atoms with E-state index in [-0.39, 0.29) is 0 Å². The van der Waals surface area contributed by atoms with Gasteiger partial charge in [-0.25, -0.2) is 19.9 Å². The van der Waals surface area contributed by atoms with E-state index in [0.717, 1.165) is 11.3 Å². The highest BCUT2D eigenvalue weighted by Crippen LogP contribution is 2.18. The Morgan fingerprint density at radius 1 is 1.00 bits per heavy atom. The van der Waals surface area contributed by atoms with Gasteiger partial charge in [-0.2, -0.15) is 0 Å². The molecule has 0 aromatic carbocycles. The van der Waals surface area contributed by atoms with Crippen LogP contribution >= 0.6 is 0 Å². The van der Waals surface area contributed by atoms with Crippen molar-refractivity contribution in [2.45, 2.75) is 26.7 Å². The van der Waals surface area contributed by atoms with Gasteiger partial charge in [0.25, 0.3) is 0 Å². The average molecular weight is 214 g/mol. The Kier molecular flexibility index (Phi) is 2.90. The monoisotopic (exact) mass is 214 g/mol. The van der Waals surface area contributed by atoms with Crippen LogP contribution in [-0.2, 0) is 0 Å². The third-order valence-electron chi connectivity index (χ3n) is 2.32. The first-order valence-electron chi connectivity index (χ1n) is 5.29. The Bertz CT molecular complexity index is 480. The summed E-state index contributed by atoms with van der Waals surface area (Å²) in [5.41, 5.74) is 2.16. The largest absolute Gasteiger partial charge is 0.234 e. The van der Waals surface area contributed by atoms with Crippen molar-refractivity contribution in [3.63, 3.8) is 0 Å². The zero-order valence-electron chi connectivity index (χ0n) is 9.68. The van der Waals surface area contributed by atoms with Gasteiger partial charge in [-0.15, -0.1) is 0 Å². The summed E-state index contributed by atoms with van der Waals surface area (Å²) < 4.78 is 0. The van der Waals surface area contributed by atoms with E-state index in [1.807, 2.05) is 13.1 Å². The molecule has 2 heterocycles. The third kappa shape index (κ3) is 2.05. The molecular formula is C12H14N4. The van der Waals surface area contributed by atoms with E-state index in [0.29, 0.717) is 17.6 Å². The van der Waals surface area contributed by atoms with Gasteiger partial charge in [-0.1, -0.05) is 13.8 Å². The molecule has 0 atom stereocenters. The van der Waals surface area contributed by atoms with Crippen molar-refractivity contribution in [1.29, 1.82) is 0 Å². The molecule has 2 aromatic rings. The Balaban J connectivity index is 2.48. The summed E-state index contributed by atoms with van der Waals surface area (Å²) in [5.74, 6) is 1.55. The molecule has 0 unspecified atom stereocenters. The van der Waals surface area contributed by atoms with Crippen LogP contribution in [0.4, 0.5) is 0 Å². The lowest BCUT2D eigenvalue weighted by Crippen LogP contribution is -2.02. The van der Waals surface area contributed by atoms with Gasteiger partial charge < -0.3 is 0 Å². The highest BCUT2D eigenvalue weighted by atomic mass is 15.0. The predicted octanol–water partition coefficient (Wildman–Crippen LogP) is 2.37. The topological polar surface area (TPSA) is 51.6 Å². The van der Waals surface area contributed by atoms with E-state index in [9.17, 15) is 0 Å². The van der Waals surface area contributed by atoms with Gasteiger partial charge in [-0.05, 0) is 24.5 Å². The van der Waals surface area contributed by atoms with E-state index < -0.39 is 0 Å². The summed E-state index contributed by atoms with van der Waals surface area (Å²) in [6.07, 6.45) is 5.22. The smallest absolute Gasteiger partial charge is 0.197 e. The second kappa shape index (κ2) is 4.35. The molecule has 0 N–H and O–H groups in total. The summed E-state index contributed by atoms with van der Waals surface area (Å²) in [4.78, 5) is 17.0. The number of hydrogen-bond acceptors (Lipinski definition) is 4. The molecular weight excluding hydrogens is 200 g/mol. The lowest BCUT2D eigenvalue weighted by molar-refractivity contribution is 0.801. The summed E-state index contributed by atoms with van der Waals surface area (Å²) in [7, 11) is 0. The molecule has 0 spiro atoms. The van der Waals surface area contributed by atoms with E-state index in [1.165, 1.54) is 0 Å².